The first kappa shape index (κ1) is 14.0. The molecular weight excluding hydrogens is 231 g/mol. The van der Waals surface area contributed by atoms with Gasteiger partial charge in [0.05, 0.1) is 0 Å². The van der Waals surface area contributed by atoms with Crippen LogP contribution in [-0.4, -0.2) is 16.1 Å². The van der Waals surface area contributed by atoms with Crippen molar-refractivity contribution in [2.45, 2.75) is 38.7 Å². The highest BCUT2D eigenvalue weighted by molar-refractivity contribution is 7.70. The van der Waals surface area contributed by atoms with Crippen LogP contribution >= 0.6 is 7.14 Å². The Bertz CT molecular complexity index is 472. The van der Waals surface area contributed by atoms with E-state index < -0.39 is 12.5 Å². The maximum atomic E-state index is 12.7. The summed E-state index contributed by atoms with van der Waals surface area (Å²) < 4.78 is 12.7. The largest absolute Gasteiger partial charge is 0.382 e. The van der Waals surface area contributed by atoms with Crippen LogP contribution in [0.5, 0.6) is 0 Å². The van der Waals surface area contributed by atoms with E-state index in [-0.39, 0.29) is 5.66 Å². The summed E-state index contributed by atoms with van der Waals surface area (Å²) in [7, 11) is -2.95. The number of hydrogen-bond donors (Lipinski definition) is 1. The quantitative estimate of drug-likeness (QED) is 0.644. The number of benzene rings is 1. The molecule has 92 valence electrons. The van der Waals surface area contributed by atoms with Crippen LogP contribution in [-0.2, 0) is 4.57 Å². The van der Waals surface area contributed by atoms with Gasteiger partial charge in [-0.3, -0.25) is 0 Å². The van der Waals surface area contributed by atoms with Gasteiger partial charge in [0.1, 0.15) is 5.34 Å². The van der Waals surface area contributed by atoms with E-state index in [1.54, 1.807) is 13.8 Å². The first-order valence-electron chi connectivity index (χ1n) is 5.68. The van der Waals surface area contributed by atoms with E-state index in [4.69, 9.17) is 0 Å². The molecule has 1 atom stereocenters. The molecule has 0 bridgehead atoms. The van der Waals surface area contributed by atoms with Gasteiger partial charge in [-0.25, -0.2) is 0 Å². The molecule has 0 amide bonds. The minimum atomic E-state index is -2.95. The van der Waals surface area contributed by atoms with Gasteiger partial charge in [0.15, 0.2) is 7.14 Å². The van der Waals surface area contributed by atoms with E-state index in [9.17, 15) is 9.67 Å². The van der Waals surface area contributed by atoms with Crippen LogP contribution in [0.25, 0.3) is 0 Å². The second-order valence-corrected chi connectivity index (χ2v) is 8.52. The fraction of sp³-hybridized carbons (Fsp3) is 0.429. The fourth-order valence-corrected chi connectivity index (χ4v) is 3.66. The van der Waals surface area contributed by atoms with Crippen LogP contribution in [0.2, 0.25) is 0 Å². The average molecular weight is 250 g/mol. The molecule has 0 spiro atoms. The van der Waals surface area contributed by atoms with Gasteiger partial charge in [0, 0.05) is 11.2 Å². The van der Waals surface area contributed by atoms with Crippen LogP contribution in [0.15, 0.2) is 30.3 Å². The van der Waals surface area contributed by atoms with E-state index in [0.29, 0.717) is 0 Å². The van der Waals surface area contributed by atoms with Gasteiger partial charge in [0.2, 0.25) is 0 Å². The van der Waals surface area contributed by atoms with E-state index >= 15 is 0 Å². The molecule has 0 saturated heterocycles. The molecule has 1 aromatic rings. The Kier molecular flexibility index (Phi) is 4.20. The first-order valence-corrected chi connectivity index (χ1v) is 7.45. The minimum absolute atomic E-state index is 0.154. The third-order valence-electron chi connectivity index (χ3n) is 2.68. The van der Waals surface area contributed by atoms with Crippen molar-refractivity contribution in [1.82, 2.24) is 0 Å². The Balaban J connectivity index is 3.15. The maximum Gasteiger partial charge on any atom is 0.186 e. The zero-order chi connectivity index (χ0) is 13.1. The fourth-order valence-electron chi connectivity index (χ4n) is 1.57. The predicted octanol–water partition coefficient (Wildman–Crippen LogP) is 3.50. The highest BCUT2D eigenvalue weighted by Crippen LogP contribution is 2.59. The third kappa shape index (κ3) is 3.22. The van der Waals surface area contributed by atoms with Gasteiger partial charge in [-0.05, 0) is 31.6 Å². The van der Waals surface area contributed by atoms with Crippen molar-refractivity contribution < 1.29 is 9.67 Å². The Labute approximate surface area is 103 Å². The zero-order valence-electron chi connectivity index (χ0n) is 10.8. The van der Waals surface area contributed by atoms with Crippen molar-refractivity contribution in [1.29, 1.82) is 0 Å². The lowest BCUT2D eigenvalue weighted by Crippen LogP contribution is -2.23. The molecule has 0 aliphatic carbocycles. The summed E-state index contributed by atoms with van der Waals surface area (Å²) >= 11 is 0. The Morgan fingerprint density at radius 1 is 1.24 bits per heavy atom. The molecule has 0 aliphatic rings. The molecule has 0 radical (unpaired) electrons. The number of rotatable bonds is 2. The molecule has 0 saturated carbocycles. The summed E-state index contributed by atoms with van der Waals surface area (Å²) in [5.41, 5.74) is 3.47. The Morgan fingerprint density at radius 3 is 2.18 bits per heavy atom. The molecule has 0 fully saturated rings. The van der Waals surface area contributed by atoms with Crippen LogP contribution in [0.4, 0.5) is 0 Å². The molecule has 17 heavy (non-hydrogen) atoms. The number of hydrogen-bond acceptors (Lipinski definition) is 2. The maximum absolute atomic E-state index is 12.7. The lowest BCUT2D eigenvalue weighted by atomic mass is 10.2. The normalized spacial score (nSPS) is 14.9. The van der Waals surface area contributed by atoms with Crippen molar-refractivity contribution in [3.63, 3.8) is 0 Å². The highest BCUT2D eigenvalue weighted by Gasteiger charge is 2.40. The lowest BCUT2D eigenvalue weighted by Gasteiger charge is -2.28. The van der Waals surface area contributed by atoms with Gasteiger partial charge in [-0.15, -0.1) is 0 Å². The van der Waals surface area contributed by atoms with Gasteiger partial charge in [0.25, 0.3) is 0 Å². The van der Waals surface area contributed by atoms with E-state index in [1.165, 1.54) is 0 Å². The van der Waals surface area contributed by atoms with Crippen molar-refractivity contribution in [2.75, 3.05) is 0 Å². The summed E-state index contributed by atoms with van der Waals surface area (Å²) in [5, 5.41) is 8.76. The summed E-state index contributed by atoms with van der Waals surface area (Å²) in [6.07, 6.45) is 0. The standard InChI is InChI=1S/C14H19O2P/c1-12(2)17(16,14(3,4)15)11-10-13-8-6-5-7-9-13/h5-9,12,15H,1-4H3. The molecule has 1 N–H and O–H groups in total. The molecule has 0 aromatic heterocycles. The third-order valence-corrected chi connectivity index (χ3v) is 6.20. The molecule has 3 heteroatoms. The van der Waals surface area contributed by atoms with Gasteiger partial charge in [-0.1, -0.05) is 38.0 Å². The molecule has 2 nitrogen and oxygen atoms in total. The van der Waals surface area contributed by atoms with Crippen molar-refractivity contribution >= 4 is 7.14 Å². The van der Waals surface area contributed by atoms with Crippen molar-refractivity contribution in [3.8, 4) is 11.6 Å². The van der Waals surface area contributed by atoms with Crippen LogP contribution in [0, 0.1) is 11.6 Å². The predicted molar refractivity (Wildman–Crippen MR) is 72.4 cm³/mol. The molecule has 0 heterocycles. The zero-order valence-corrected chi connectivity index (χ0v) is 11.7. The lowest BCUT2D eigenvalue weighted by molar-refractivity contribution is 0.163. The Morgan fingerprint density at radius 2 is 1.76 bits per heavy atom. The van der Waals surface area contributed by atoms with Gasteiger partial charge >= 0.3 is 0 Å². The molecule has 1 rings (SSSR count). The van der Waals surface area contributed by atoms with Crippen molar-refractivity contribution in [2.24, 2.45) is 0 Å². The molecule has 1 unspecified atom stereocenters. The van der Waals surface area contributed by atoms with Crippen LogP contribution < -0.4 is 0 Å². The van der Waals surface area contributed by atoms with Crippen LogP contribution in [0.3, 0.4) is 0 Å². The summed E-state index contributed by atoms with van der Waals surface area (Å²) in [5.74, 6) is 2.90. The first-order chi connectivity index (χ1) is 7.77. The summed E-state index contributed by atoms with van der Waals surface area (Å²) in [4.78, 5) is 0. The smallest absolute Gasteiger partial charge is 0.186 e. The molecule has 0 aliphatic heterocycles. The van der Waals surface area contributed by atoms with Crippen molar-refractivity contribution in [3.05, 3.63) is 35.9 Å². The summed E-state index contributed by atoms with van der Waals surface area (Å²) in [6, 6.07) is 9.40. The summed E-state index contributed by atoms with van der Waals surface area (Å²) in [6.45, 7) is 6.79. The van der Waals surface area contributed by atoms with E-state index in [2.05, 4.69) is 11.6 Å². The van der Waals surface area contributed by atoms with E-state index in [1.807, 2.05) is 44.2 Å². The Hall–Kier alpha value is -1.03. The van der Waals surface area contributed by atoms with Crippen LogP contribution in [0.1, 0.15) is 33.3 Å². The monoisotopic (exact) mass is 250 g/mol. The minimum Gasteiger partial charge on any atom is -0.382 e. The highest BCUT2D eigenvalue weighted by atomic mass is 31.2. The van der Waals surface area contributed by atoms with Gasteiger partial charge in [-0.2, -0.15) is 0 Å². The molecule has 1 aromatic carbocycles. The number of aliphatic hydroxyl groups is 1. The molecular formula is C14H19O2P. The topological polar surface area (TPSA) is 37.3 Å². The SMILES string of the molecule is CC(C)P(=O)(C#Cc1ccccc1)C(C)(C)O. The van der Waals surface area contributed by atoms with E-state index in [0.717, 1.165) is 5.56 Å². The second-order valence-electron chi connectivity index (χ2n) is 4.85. The average Bonchev–Trinajstić information content (AvgIpc) is 2.25. The van der Waals surface area contributed by atoms with Gasteiger partial charge < -0.3 is 9.67 Å². The second kappa shape index (κ2) is 5.08.